The molecule has 0 saturated heterocycles. The van der Waals surface area contributed by atoms with Crippen LogP contribution in [-0.2, 0) is 6.18 Å². The predicted molar refractivity (Wildman–Crippen MR) is 73.6 cm³/mol. The zero-order chi connectivity index (χ0) is 15.2. The summed E-state index contributed by atoms with van der Waals surface area (Å²) in [5.74, 6) is 0. The van der Waals surface area contributed by atoms with Crippen molar-refractivity contribution in [1.82, 2.24) is 9.55 Å². The van der Waals surface area contributed by atoms with E-state index in [-0.39, 0.29) is 11.0 Å². The molecule has 0 spiro atoms. The number of nitrogens with zero attached hydrogens (tertiary/aromatic N) is 1. The molecular formula is C15H11F3N2O. The number of halogens is 3. The van der Waals surface area contributed by atoms with Gasteiger partial charge in [0.05, 0.1) is 22.3 Å². The van der Waals surface area contributed by atoms with Gasteiger partial charge >= 0.3 is 11.9 Å². The summed E-state index contributed by atoms with van der Waals surface area (Å²) in [5.41, 5.74) is -0.0474. The first-order valence-corrected chi connectivity index (χ1v) is 6.26. The number of H-pyrrole nitrogens is 1. The number of hydrogen-bond donors (Lipinski definition) is 1. The number of nitrogens with one attached hydrogen (secondary N) is 1. The van der Waals surface area contributed by atoms with Gasteiger partial charge in [0.1, 0.15) is 0 Å². The summed E-state index contributed by atoms with van der Waals surface area (Å²) in [6.07, 6.45) is -4.51. The van der Waals surface area contributed by atoms with Gasteiger partial charge in [0.2, 0.25) is 0 Å². The lowest BCUT2D eigenvalue weighted by Gasteiger charge is -2.09. The summed E-state index contributed by atoms with van der Waals surface area (Å²) >= 11 is 0. The Morgan fingerprint density at radius 1 is 1.05 bits per heavy atom. The Kier molecular flexibility index (Phi) is 2.90. The van der Waals surface area contributed by atoms with Crippen LogP contribution in [-0.4, -0.2) is 9.55 Å². The van der Waals surface area contributed by atoms with Crippen LogP contribution in [0.15, 0.2) is 47.3 Å². The SMILES string of the molecule is Cc1ccccc1-n1c(=O)[nH]c2c(C(F)(F)F)cccc21. The standard InChI is InChI=1S/C15H11F3N2O/c1-9-5-2-3-7-11(9)20-12-8-4-6-10(15(16,17)18)13(12)19-14(20)21/h2-8H,1H3,(H,19,21). The van der Waals surface area contributed by atoms with E-state index in [9.17, 15) is 18.0 Å². The molecule has 6 heteroatoms. The molecule has 0 amide bonds. The quantitative estimate of drug-likeness (QED) is 0.730. The number of imidazole rings is 1. The third-order valence-corrected chi connectivity index (χ3v) is 3.38. The van der Waals surface area contributed by atoms with Gasteiger partial charge in [0, 0.05) is 0 Å². The van der Waals surface area contributed by atoms with Gasteiger partial charge in [-0.15, -0.1) is 0 Å². The molecule has 0 aliphatic carbocycles. The molecule has 0 aliphatic heterocycles. The molecule has 1 N–H and O–H groups in total. The van der Waals surface area contributed by atoms with E-state index in [1.54, 1.807) is 31.2 Å². The first-order chi connectivity index (χ1) is 9.89. The summed E-state index contributed by atoms with van der Waals surface area (Å²) in [5, 5.41) is 0. The number of fused-ring (bicyclic) bond motifs is 1. The van der Waals surface area contributed by atoms with E-state index in [0.717, 1.165) is 11.6 Å². The van der Waals surface area contributed by atoms with Crippen molar-refractivity contribution in [3.63, 3.8) is 0 Å². The van der Waals surface area contributed by atoms with Gasteiger partial charge in [-0.25, -0.2) is 4.79 Å². The third kappa shape index (κ3) is 2.12. The van der Waals surface area contributed by atoms with Crippen LogP contribution in [0.4, 0.5) is 13.2 Å². The fourth-order valence-electron chi connectivity index (χ4n) is 2.42. The Balaban J connectivity index is 2.40. The molecule has 0 bridgehead atoms. The minimum atomic E-state index is -4.51. The van der Waals surface area contributed by atoms with Crippen molar-refractivity contribution in [2.45, 2.75) is 13.1 Å². The molecule has 0 saturated carbocycles. The van der Waals surface area contributed by atoms with Gasteiger partial charge in [-0.2, -0.15) is 13.2 Å². The summed E-state index contributed by atoms with van der Waals surface area (Å²) in [7, 11) is 0. The Morgan fingerprint density at radius 2 is 1.76 bits per heavy atom. The molecule has 3 nitrogen and oxygen atoms in total. The molecular weight excluding hydrogens is 281 g/mol. The van der Waals surface area contributed by atoms with E-state index in [1.165, 1.54) is 16.7 Å². The Labute approximate surface area is 117 Å². The van der Waals surface area contributed by atoms with Crippen molar-refractivity contribution in [3.8, 4) is 5.69 Å². The number of benzene rings is 2. The lowest BCUT2D eigenvalue weighted by Crippen LogP contribution is -2.15. The van der Waals surface area contributed by atoms with E-state index in [4.69, 9.17) is 0 Å². The zero-order valence-corrected chi connectivity index (χ0v) is 11.0. The molecule has 0 radical (unpaired) electrons. The van der Waals surface area contributed by atoms with Crippen LogP contribution in [0.5, 0.6) is 0 Å². The maximum atomic E-state index is 13.0. The molecule has 1 heterocycles. The summed E-state index contributed by atoms with van der Waals surface area (Å²) < 4.78 is 40.3. The van der Waals surface area contributed by atoms with Gasteiger partial charge in [-0.1, -0.05) is 24.3 Å². The largest absolute Gasteiger partial charge is 0.418 e. The number of aromatic nitrogens is 2. The average molecular weight is 292 g/mol. The maximum absolute atomic E-state index is 13.0. The zero-order valence-electron chi connectivity index (χ0n) is 11.0. The number of aryl methyl sites for hydroxylation is 1. The number of rotatable bonds is 1. The lowest BCUT2D eigenvalue weighted by atomic mass is 10.1. The van der Waals surface area contributed by atoms with E-state index in [0.29, 0.717) is 5.69 Å². The third-order valence-electron chi connectivity index (χ3n) is 3.38. The fourth-order valence-corrected chi connectivity index (χ4v) is 2.42. The predicted octanol–water partition coefficient (Wildman–Crippen LogP) is 3.65. The number of para-hydroxylation sites is 2. The van der Waals surface area contributed by atoms with Crippen molar-refractivity contribution in [2.75, 3.05) is 0 Å². The highest BCUT2D eigenvalue weighted by atomic mass is 19.4. The fraction of sp³-hybridized carbons (Fsp3) is 0.133. The van der Waals surface area contributed by atoms with Crippen LogP contribution in [0.3, 0.4) is 0 Å². The normalized spacial score (nSPS) is 12.0. The van der Waals surface area contributed by atoms with Gasteiger partial charge in [-0.3, -0.25) is 4.57 Å². The molecule has 0 aliphatic rings. The van der Waals surface area contributed by atoms with E-state index >= 15 is 0 Å². The Morgan fingerprint density at radius 3 is 2.43 bits per heavy atom. The second kappa shape index (κ2) is 4.51. The molecule has 3 rings (SSSR count). The highest BCUT2D eigenvalue weighted by Gasteiger charge is 2.33. The van der Waals surface area contributed by atoms with Crippen molar-refractivity contribution < 1.29 is 13.2 Å². The van der Waals surface area contributed by atoms with Crippen molar-refractivity contribution >= 4 is 11.0 Å². The molecule has 0 fully saturated rings. The van der Waals surface area contributed by atoms with Crippen molar-refractivity contribution in [1.29, 1.82) is 0 Å². The smallest absolute Gasteiger partial charge is 0.305 e. The van der Waals surface area contributed by atoms with E-state index < -0.39 is 17.4 Å². The molecule has 0 unspecified atom stereocenters. The minimum absolute atomic E-state index is 0.196. The Bertz CT molecular complexity index is 874. The molecule has 1 aromatic heterocycles. The first kappa shape index (κ1) is 13.5. The van der Waals surface area contributed by atoms with Crippen LogP contribution in [0.2, 0.25) is 0 Å². The van der Waals surface area contributed by atoms with E-state index in [2.05, 4.69) is 4.98 Å². The number of hydrogen-bond acceptors (Lipinski definition) is 1. The van der Waals surface area contributed by atoms with Gasteiger partial charge in [0.15, 0.2) is 0 Å². The van der Waals surface area contributed by atoms with Crippen LogP contribution in [0.1, 0.15) is 11.1 Å². The van der Waals surface area contributed by atoms with Crippen LogP contribution in [0.25, 0.3) is 16.7 Å². The second-order valence-corrected chi connectivity index (χ2v) is 4.75. The first-order valence-electron chi connectivity index (χ1n) is 6.26. The summed E-state index contributed by atoms with van der Waals surface area (Å²) in [4.78, 5) is 14.4. The molecule has 108 valence electrons. The Hall–Kier alpha value is -2.50. The van der Waals surface area contributed by atoms with Crippen LogP contribution >= 0.6 is 0 Å². The highest BCUT2D eigenvalue weighted by Crippen LogP contribution is 2.34. The molecule has 21 heavy (non-hydrogen) atoms. The summed E-state index contributed by atoms with van der Waals surface area (Å²) in [6.45, 7) is 1.80. The van der Waals surface area contributed by atoms with Gasteiger partial charge in [-0.05, 0) is 30.7 Å². The highest BCUT2D eigenvalue weighted by molar-refractivity contribution is 5.81. The summed E-state index contributed by atoms with van der Waals surface area (Å²) in [6, 6.07) is 10.8. The second-order valence-electron chi connectivity index (χ2n) is 4.75. The maximum Gasteiger partial charge on any atom is 0.418 e. The van der Waals surface area contributed by atoms with Gasteiger partial charge in [0.25, 0.3) is 0 Å². The van der Waals surface area contributed by atoms with E-state index in [1.807, 2.05) is 0 Å². The van der Waals surface area contributed by atoms with Crippen LogP contribution in [0, 0.1) is 6.92 Å². The van der Waals surface area contributed by atoms with Crippen molar-refractivity contribution in [2.24, 2.45) is 0 Å². The van der Waals surface area contributed by atoms with Gasteiger partial charge < -0.3 is 4.98 Å². The molecule has 2 aromatic carbocycles. The molecule has 3 aromatic rings. The topological polar surface area (TPSA) is 37.8 Å². The lowest BCUT2D eigenvalue weighted by molar-refractivity contribution is -0.136. The number of aromatic amines is 1. The van der Waals surface area contributed by atoms with Crippen LogP contribution < -0.4 is 5.69 Å². The average Bonchev–Trinajstić information content (AvgIpc) is 2.74. The molecule has 0 atom stereocenters. The number of alkyl halides is 3. The minimum Gasteiger partial charge on any atom is -0.305 e. The van der Waals surface area contributed by atoms with Crippen molar-refractivity contribution in [3.05, 3.63) is 64.1 Å². The monoisotopic (exact) mass is 292 g/mol.